The molecule has 2 aromatic heterocycles. The van der Waals surface area contributed by atoms with Crippen molar-refractivity contribution in [2.75, 3.05) is 18.0 Å². The van der Waals surface area contributed by atoms with Gasteiger partial charge in [-0.05, 0) is 18.9 Å². The fourth-order valence-corrected chi connectivity index (χ4v) is 4.33. The number of amides is 1. The molecule has 1 amide bonds. The third-order valence-electron chi connectivity index (χ3n) is 5.49. The van der Waals surface area contributed by atoms with Crippen LogP contribution in [0.15, 0.2) is 60.8 Å². The molecule has 2 aromatic carbocycles. The lowest BCUT2D eigenvalue weighted by Crippen LogP contribution is -2.22. The number of nitrogens with two attached hydrogens (primary N) is 1. The average molecular weight is 418 g/mol. The maximum Gasteiger partial charge on any atom is 0.256 e. The Morgan fingerprint density at radius 2 is 1.67 bits per heavy atom. The minimum absolute atomic E-state index is 0.361. The van der Waals surface area contributed by atoms with Crippen molar-refractivity contribution in [3.05, 3.63) is 71.4 Å². The third-order valence-corrected chi connectivity index (χ3v) is 5.82. The van der Waals surface area contributed by atoms with Gasteiger partial charge in [-0.3, -0.25) is 4.79 Å². The molecular formula is C23H20ClN5O. The number of halogens is 1. The van der Waals surface area contributed by atoms with Gasteiger partial charge in [0.15, 0.2) is 11.5 Å². The molecule has 5 rings (SSSR count). The smallest absolute Gasteiger partial charge is 0.256 e. The maximum atomic E-state index is 12.4. The van der Waals surface area contributed by atoms with E-state index in [1.54, 1.807) is 10.7 Å². The SMILES string of the molecule is NC(=O)c1c(N2CCCC2)nn2c(-c3ccccc3)c(-c3ccccc3Cl)cnc12. The van der Waals surface area contributed by atoms with E-state index in [0.717, 1.165) is 48.3 Å². The van der Waals surface area contributed by atoms with Crippen LogP contribution in [0.3, 0.4) is 0 Å². The van der Waals surface area contributed by atoms with E-state index in [2.05, 4.69) is 9.88 Å². The molecule has 0 unspecified atom stereocenters. The molecule has 0 atom stereocenters. The van der Waals surface area contributed by atoms with Crippen LogP contribution in [0.4, 0.5) is 5.82 Å². The number of anilines is 1. The Hall–Kier alpha value is -3.38. The fraction of sp³-hybridized carbons (Fsp3) is 0.174. The number of primary amides is 1. The number of benzene rings is 2. The third kappa shape index (κ3) is 3.00. The highest BCUT2D eigenvalue weighted by molar-refractivity contribution is 6.33. The molecule has 30 heavy (non-hydrogen) atoms. The molecule has 6 nitrogen and oxygen atoms in total. The number of hydrogen-bond acceptors (Lipinski definition) is 4. The van der Waals surface area contributed by atoms with Crippen LogP contribution in [0.1, 0.15) is 23.2 Å². The zero-order valence-corrected chi connectivity index (χ0v) is 17.0. The molecule has 0 saturated carbocycles. The molecule has 150 valence electrons. The molecule has 2 N–H and O–H groups in total. The van der Waals surface area contributed by atoms with E-state index >= 15 is 0 Å². The van der Waals surface area contributed by atoms with Crippen molar-refractivity contribution in [2.45, 2.75) is 12.8 Å². The Balaban J connectivity index is 1.87. The second-order valence-electron chi connectivity index (χ2n) is 7.36. The van der Waals surface area contributed by atoms with Gasteiger partial charge in [0.05, 0.1) is 5.69 Å². The predicted molar refractivity (Wildman–Crippen MR) is 119 cm³/mol. The summed E-state index contributed by atoms with van der Waals surface area (Å²) in [6, 6.07) is 17.6. The van der Waals surface area contributed by atoms with E-state index < -0.39 is 5.91 Å². The summed E-state index contributed by atoms with van der Waals surface area (Å²) < 4.78 is 1.74. The lowest BCUT2D eigenvalue weighted by atomic mass is 10.0. The number of carbonyl (C=O) groups is 1. The second-order valence-corrected chi connectivity index (χ2v) is 7.77. The van der Waals surface area contributed by atoms with E-state index in [1.165, 1.54) is 0 Å². The molecule has 3 heterocycles. The molecule has 4 aromatic rings. The Labute approximate surface area is 178 Å². The van der Waals surface area contributed by atoms with Gasteiger partial charge in [-0.15, -0.1) is 5.10 Å². The Morgan fingerprint density at radius 3 is 2.37 bits per heavy atom. The minimum atomic E-state index is -0.524. The van der Waals surface area contributed by atoms with Crippen LogP contribution in [0, 0.1) is 0 Å². The molecule has 0 bridgehead atoms. The molecule has 0 aliphatic carbocycles. The quantitative estimate of drug-likeness (QED) is 0.533. The molecular weight excluding hydrogens is 398 g/mol. The van der Waals surface area contributed by atoms with Crippen molar-refractivity contribution in [1.29, 1.82) is 0 Å². The first-order valence-electron chi connectivity index (χ1n) is 9.92. The Kier molecular flexibility index (Phi) is 4.64. The van der Waals surface area contributed by atoms with Crippen LogP contribution in [0.5, 0.6) is 0 Å². The van der Waals surface area contributed by atoms with Gasteiger partial charge in [0, 0.05) is 41.0 Å². The first kappa shape index (κ1) is 18.6. The Morgan fingerprint density at radius 1 is 0.967 bits per heavy atom. The number of carbonyl (C=O) groups excluding carboxylic acids is 1. The second kappa shape index (κ2) is 7.46. The number of rotatable bonds is 4. The predicted octanol–water partition coefficient (Wildman–Crippen LogP) is 4.42. The summed E-state index contributed by atoms with van der Waals surface area (Å²) in [5, 5.41) is 5.47. The normalized spacial score (nSPS) is 13.8. The van der Waals surface area contributed by atoms with Gasteiger partial charge in [0.25, 0.3) is 5.91 Å². The van der Waals surface area contributed by atoms with Gasteiger partial charge in [0.1, 0.15) is 5.56 Å². The number of nitrogens with zero attached hydrogens (tertiary/aromatic N) is 4. The van der Waals surface area contributed by atoms with Crippen molar-refractivity contribution in [1.82, 2.24) is 14.6 Å². The van der Waals surface area contributed by atoms with Gasteiger partial charge >= 0.3 is 0 Å². The molecule has 0 radical (unpaired) electrons. The number of fused-ring (bicyclic) bond motifs is 1. The highest BCUT2D eigenvalue weighted by atomic mass is 35.5. The summed E-state index contributed by atoms with van der Waals surface area (Å²) in [4.78, 5) is 19.1. The van der Waals surface area contributed by atoms with Crippen LogP contribution in [0.2, 0.25) is 5.02 Å². The van der Waals surface area contributed by atoms with Crippen LogP contribution >= 0.6 is 11.6 Å². The van der Waals surface area contributed by atoms with Crippen molar-refractivity contribution in [3.8, 4) is 22.4 Å². The minimum Gasteiger partial charge on any atom is -0.365 e. The topological polar surface area (TPSA) is 76.5 Å². The van der Waals surface area contributed by atoms with Gasteiger partial charge in [-0.2, -0.15) is 0 Å². The van der Waals surface area contributed by atoms with Crippen molar-refractivity contribution in [3.63, 3.8) is 0 Å². The molecule has 1 aliphatic rings. The van der Waals surface area contributed by atoms with Crippen LogP contribution in [-0.4, -0.2) is 33.6 Å². The lowest BCUT2D eigenvalue weighted by Gasteiger charge is -2.14. The fourth-order valence-electron chi connectivity index (χ4n) is 4.10. The first-order valence-corrected chi connectivity index (χ1v) is 10.3. The number of aromatic nitrogens is 3. The van der Waals surface area contributed by atoms with Crippen molar-refractivity contribution in [2.24, 2.45) is 5.73 Å². The van der Waals surface area contributed by atoms with Crippen LogP contribution in [0.25, 0.3) is 28.0 Å². The van der Waals surface area contributed by atoms with Gasteiger partial charge < -0.3 is 10.6 Å². The average Bonchev–Trinajstić information content (AvgIpc) is 3.41. The standard InChI is InChI=1S/C23H20ClN5O/c24-18-11-5-4-10-16(18)17-14-26-22-19(21(25)30)23(28-12-6-7-13-28)27-29(22)20(17)15-8-2-1-3-9-15/h1-5,8-11,14H,6-7,12-13H2,(H2,25,30). The van der Waals surface area contributed by atoms with Crippen molar-refractivity contribution < 1.29 is 4.79 Å². The van der Waals surface area contributed by atoms with E-state index in [1.807, 2.05) is 54.6 Å². The molecule has 1 aliphatic heterocycles. The molecule has 7 heteroatoms. The van der Waals surface area contributed by atoms with Crippen LogP contribution in [-0.2, 0) is 0 Å². The van der Waals surface area contributed by atoms with Crippen molar-refractivity contribution >= 4 is 29.0 Å². The summed E-state index contributed by atoms with van der Waals surface area (Å²) in [7, 11) is 0. The lowest BCUT2D eigenvalue weighted by molar-refractivity contribution is 0.100. The summed E-state index contributed by atoms with van der Waals surface area (Å²) in [6.45, 7) is 1.70. The van der Waals surface area contributed by atoms with Crippen LogP contribution < -0.4 is 10.6 Å². The van der Waals surface area contributed by atoms with Gasteiger partial charge in [0.2, 0.25) is 0 Å². The first-order chi connectivity index (χ1) is 14.6. The highest BCUT2D eigenvalue weighted by Crippen LogP contribution is 2.37. The molecule has 0 spiro atoms. The zero-order chi connectivity index (χ0) is 20.7. The van der Waals surface area contributed by atoms with E-state index in [0.29, 0.717) is 22.1 Å². The van der Waals surface area contributed by atoms with E-state index in [4.69, 9.17) is 22.4 Å². The van der Waals surface area contributed by atoms with E-state index in [-0.39, 0.29) is 0 Å². The monoisotopic (exact) mass is 417 g/mol. The van der Waals surface area contributed by atoms with Gasteiger partial charge in [-0.25, -0.2) is 9.50 Å². The highest BCUT2D eigenvalue weighted by Gasteiger charge is 2.28. The number of hydrogen-bond donors (Lipinski definition) is 1. The maximum absolute atomic E-state index is 12.4. The van der Waals surface area contributed by atoms with E-state index in [9.17, 15) is 4.79 Å². The summed E-state index contributed by atoms with van der Waals surface area (Å²) in [5.41, 5.74) is 10.1. The zero-order valence-electron chi connectivity index (χ0n) is 16.3. The molecule has 1 fully saturated rings. The molecule has 1 saturated heterocycles. The summed E-state index contributed by atoms with van der Waals surface area (Å²) in [5.74, 6) is 0.0740. The summed E-state index contributed by atoms with van der Waals surface area (Å²) in [6.07, 6.45) is 3.88. The largest absolute Gasteiger partial charge is 0.365 e. The summed E-state index contributed by atoms with van der Waals surface area (Å²) >= 11 is 6.52. The Bertz CT molecular complexity index is 1250. The van der Waals surface area contributed by atoms with Gasteiger partial charge in [-0.1, -0.05) is 60.1 Å².